The molecule has 5 heteroatoms. The van der Waals surface area contributed by atoms with Crippen LogP contribution in [0.4, 0.5) is 10.5 Å². The summed E-state index contributed by atoms with van der Waals surface area (Å²) in [5, 5.41) is 12.1. The molecule has 0 spiro atoms. The average Bonchev–Trinajstić information content (AvgIpc) is 2.93. The first kappa shape index (κ1) is 17.3. The van der Waals surface area contributed by atoms with E-state index in [1.54, 1.807) is 11.8 Å². The molecule has 1 aliphatic heterocycles. The number of amides is 2. The Hall–Kier alpha value is -2.04. The zero-order valence-electron chi connectivity index (χ0n) is 14.0. The van der Waals surface area contributed by atoms with Crippen LogP contribution >= 0.6 is 0 Å². The van der Waals surface area contributed by atoms with Crippen LogP contribution in [-0.2, 0) is 11.2 Å². The molecule has 2 amide bonds. The van der Waals surface area contributed by atoms with Crippen LogP contribution in [0.1, 0.15) is 45.1 Å². The summed E-state index contributed by atoms with van der Waals surface area (Å²) in [6, 6.07) is 7.67. The van der Waals surface area contributed by atoms with Crippen molar-refractivity contribution >= 4 is 17.7 Å². The van der Waals surface area contributed by atoms with Crippen LogP contribution in [0.3, 0.4) is 0 Å². The van der Waals surface area contributed by atoms with Crippen LogP contribution in [0.2, 0.25) is 0 Å². The smallest absolute Gasteiger partial charge is 0.321 e. The molecule has 1 saturated heterocycles. The van der Waals surface area contributed by atoms with E-state index in [9.17, 15) is 14.7 Å². The van der Waals surface area contributed by atoms with Crippen molar-refractivity contribution < 1.29 is 14.7 Å². The number of unbranched alkanes of at least 4 members (excludes halogenated alkanes) is 2. The first-order valence-corrected chi connectivity index (χ1v) is 8.33. The first-order chi connectivity index (χ1) is 10.9. The summed E-state index contributed by atoms with van der Waals surface area (Å²) in [6.45, 7) is 4.60. The predicted molar refractivity (Wildman–Crippen MR) is 90.6 cm³/mol. The van der Waals surface area contributed by atoms with Gasteiger partial charge in [0, 0.05) is 18.8 Å². The number of anilines is 1. The summed E-state index contributed by atoms with van der Waals surface area (Å²) in [5.41, 5.74) is 1.19. The second-order valence-electron chi connectivity index (χ2n) is 6.62. The Kier molecular flexibility index (Phi) is 5.64. The molecule has 2 N–H and O–H groups in total. The highest BCUT2D eigenvalue weighted by atomic mass is 16.4. The van der Waals surface area contributed by atoms with Crippen molar-refractivity contribution in [1.29, 1.82) is 0 Å². The number of nitrogens with one attached hydrogen (secondary N) is 1. The number of benzene rings is 1. The molecule has 0 radical (unpaired) electrons. The van der Waals surface area contributed by atoms with Gasteiger partial charge in [-0.1, -0.05) is 31.9 Å². The molecule has 1 fully saturated rings. The standard InChI is InChI=1S/C18H26N2O3/c1-3-4-5-6-14-7-9-15(10-8-14)19-17(23)20-12-11-18(2,13-20)16(21)22/h7-10H,3-6,11-13H2,1-2H3,(H,19,23)(H,21,22). The molecular formula is C18H26N2O3. The van der Waals surface area contributed by atoms with E-state index in [0.29, 0.717) is 13.0 Å². The molecule has 126 valence electrons. The number of nitrogens with zero attached hydrogens (tertiary/aromatic N) is 1. The molecule has 1 aromatic carbocycles. The maximum absolute atomic E-state index is 12.2. The second kappa shape index (κ2) is 7.49. The van der Waals surface area contributed by atoms with Gasteiger partial charge in [0.1, 0.15) is 0 Å². The Labute approximate surface area is 137 Å². The van der Waals surface area contributed by atoms with Crippen molar-refractivity contribution in [1.82, 2.24) is 4.90 Å². The van der Waals surface area contributed by atoms with Crippen LogP contribution in [-0.4, -0.2) is 35.1 Å². The summed E-state index contributed by atoms with van der Waals surface area (Å²) in [4.78, 5) is 25.1. The number of likely N-dealkylation sites (tertiary alicyclic amines) is 1. The Morgan fingerprint density at radius 1 is 1.26 bits per heavy atom. The minimum absolute atomic E-state index is 0.228. The number of aryl methyl sites for hydroxylation is 1. The molecule has 23 heavy (non-hydrogen) atoms. The monoisotopic (exact) mass is 318 g/mol. The number of urea groups is 1. The van der Waals surface area contributed by atoms with Crippen molar-refractivity contribution in [3.8, 4) is 0 Å². The summed E-state index contributed by atoms with van der Waals surface area (Å²) in [5.74, 6) is -0.843. The fraction of sp³-hybridized carbons (Fsp3) is 0.556. The summed E-state index contributed by atoms with van der Waals surface area (Å²) in [7, 11) is 0. The van der Waals surface area contributed by atoms with Crippen LogP contribution in [0.5, 0.6) is 0 Å². The minimum Gasteiger partial charge on any atom is -0.481 e. The number of hydrogen-bond donors (Lipinski definition) is 2. The highest BCUT2D eigenvalue weighted by Gasteiger charge is 2.42. The van der Waals surface area contributed by atoms with Gasteiger partial charge in [0.15, 0.2) is 0 Å². The third-order valence-electron chi connectivity index (χ3n) is 4.55. The topological polar surface area (TPSA) is 69.6 Å². The highest BCUT2D eigenvalue weighted by molar-refractivity contribution is 5.90. The van der Waals surface area contributed by atoms with Crippen LogP contribution in [0, 0.1) is 5.41 Å². The lowest BCUT2D eigenvalue weighted by Gasteiger charge is -2.20. The van der Waals surface area contributed by atoms with Gasteiger partial charge in [-0.15, -0.1) is 0 Å². The third kappa shape index (κ3) is 4.47. The number of carbonyl (C=O) groups excluding carboxylic acids is 1. The van der Waals surface area contributed by atoms with Gasteiger partial charge in [0.25, 0.3) is 0 Å². The molecule has 0 saturated carbocycles. The van der Waals surface area contributed by atoms with E-state index in [-0.39, 0.29) is 12.6 Å². The van der Waals surface area contributed by atoms with E-state index >= 15 is 0 Å². The van der Waals surface area contributed by atoms with E-state index in [4.69, 9.17) is 0 Å². The zero-order valence-corrected chi connectivity index (χ0v) is 14.0. The average molecular weight is 318 g/mol. The fourth-order valence-corrected chi connectivity index (χ4v) is 2.85. The van der Waals surface area contributed by atoms with Crippen LogP contribution in [0.15, 0.2) is 24.3 Å². The molecule has 2 rings (SSSR count). The number of aliphatic carboxylic acids is 1. The molecule has 1 heterocycles. The minimum atomic E-state index is -0.843. The molecule has 1 unspecified atom stereocenters. The summed E-state index contributed by atoms with van der Waals surface area (Å²) in [6.07, 6.45) is 5.18. The number of hydrogen-bond acceptors (Lipinski definition) is 2. The van der Waals surface area contributed by atoms with Crippen molar-refractivity contribution in [2.45, 2.75) is 46.0 Å². The molecular weight excluding hydrogens is 292 g/mol. The predicted octanol–water partition coefficient (Wildman–Crippen LogP) is 3.75. The summed E-state index contributed by atoms with van der Waals surface area (Å²) < 4.78 is 0. The largest absolute Gasteiger partial charge is 0.481 e. The quantitative estimate of drug-likeness (QED) is 0.785. The third-order valence-corrected chi connectivity index (χ3v) is 4.55. The van der Waals surface area contributed by atoms with E-state index < -0.39 is 11.4 Å². The molecule has 1 atom stereocenters. The molecule has 0 aliphatic carbocycles. The number of carboxylic acid groups (broad SMARTS) is 1. The summed E-state index contributed by atoms with van der Waals surface area (Å²) >= 11 is 0. The molecule has 1 aromatic rings. The number of carboxylic acids is 1. The van der Waals surface area contributed by atoms with E-state index in [1.807, 2.05) is 24.3 Å². The van der Waals surface area contributed by atoms with Crippen LogP contribution < -0.4 is 5.32 Å². The van der Waals surface area contributed by atoms with Gasteiger partial charge in [-0.2, -0.15) is 0 Å². The maximum Gasteiger partial charge on any atom is 0.321 e. The number of carbonyl (C=O) groups is 2. The molecule has 0 bridgehead atoms. The molecule has 0 aromatic heterocycles. The van der Waals surface area contributed by atoms with E-state index in [1.165, 1.54) is 24.8 Å². The lowest BCUT2D eigenvalue weighted by Crippen LogP contribution is -2.37. The van der Waals surface area contributed by atoms with Gasteiger partial charge >= 0.3 is 12.0 Å². The highest BCUT2D eigenvalue weighted by Crippen LogP contribution is 2.30. The number of rotatable bonds is 6. The van der Waals surface area contributed by atoms with Crippen molar-refractivity contribution in [3.05, 3.63) is 29.8 Å². The Balaban J connectivity index is 1.87. The van der Waals surface area contributed by atoms with Crippen molar-refractivity contribution in [3.63, 3.8) is 0 Å². The lowest BCUT2D eigenvalue weighted by atomic mass is 9.90. The second-order valence-corrected chi connectivity index (χ2v) is 6.62. The SMILES string of the molecule is CCCCCc1ccc(NC(=O)N2CCC(C)(C(=O)O)C2)cc1. The Morgan fingerprint density at radius 3 is 2.52 bits per heavy atom. The van der Waals surface area contributed by atoms with Gasteiger partial charge in [-0.05, 0) is 43.9 Å². The van der Waals surface area contributed by atoms with Gasteiger partial charge in [-0.3, -0.25) is 4.79 Å². The lowest BCUT2D eigenvalue weighted by molar-refractivity contribution is -0.146. The zero-order chi connectivity index (χ0) is 16.9. The van der Waals surface area contributed by atoms with Gasteiger partial charge < -0.3 is 15.3 Å². The first-order valence-electron chi connectivity index (χ1n) is 8.33. The van der Waals surface area contributed by atoms with Gasteiger partial charge in [0.05, 0.1) is 5.41 Å². The Bertz CT molecular complexity index is 556. The maximum atomic E-state index is 12.2. The van der Waals surface area contributed by atoms with Crippen molar-refractivity contribution in [2.24, 2.45) is 5.41 Å². The van der Waals surface area contributed by atoms with Gasteiger partial charge in [0.2, 0.25) is 0 Å². The van der Waals surface area contributed by atoms with E-state index in [2.05, 4.69) is 12.2 Å². The van der Waals surface area contributed by atoms with Crippen molar-refractivity contribution in [2.75, 3.05) is 18.4 Å². The van der Waals surface area contributed by atoms with E-state index in [0.717, 1.165) is 12.1 Å². The van der Waals surface area contributed by atoms with Gasteiger partial charge in [-0.25, -0.2) is 4.79 Å². The Morgan fingerprint density at radius 2 is 1.96 bits per heavy atom. The fourth-order valence-electron chi connectivity index (χ4n) is 2.85. The normalized spacial score (nSPS) is 20.5. The molecule has 1 aliphatic rings. The van der Waals surface area contributed by atoms with Crippen LogP contribution in [0.25, 0.3) is 0 Å². The molecule has 5 nitrogen and oxygen atoms in total.